The second-order valence-electron chi connectivity index (χ2n) is 8.20. The van der Waals surface area contributed by atoms with Gasteiger partial charge >= 0.3 is 0 Å². The third-order valence-electron chi connectivity index (χ3n) is 5.57. The fourth-order valence-electron chi connectivity index (χ4n) is 3.73. The van der Waals surface area contributed by atoms with Crippen molar-refractivity contribution in [2.24, 2.45) is 21.6 Å². The minimum atomic E-state index is -0.111. The number of benzene rings is 1. The molecule has 178 valence electrons. The minimum absolute atomic E-state index is 0.103. The van der Waals surface area contributed by atoms with Crippen molar-refractivity contribution in [2.45, 2.75) is 58.3 Å². The highest BCUT2D eigenvalue weighted by Crippen LogP contribution is 2.27. The summed E-state index contributed by atoms with van der Waals surface area (Å²) in [6.45, 7) is 2.54. The maximum Gasteiger partial charge on any atom is 0.247 e. The van der Waals surface area contributed by atoms with Crippen molar-refractivity contribution in [1.29, 1.82) is 0 Å². The van der Waals surface area contributed by atoms with Gasteiger partial charge in [0.1, 0.15) is 5.84 Å². The molecular weight excluding hydrogens is 490 g/mol. The van der Waals surface area contributed by atoms with Gasteiger partial charge in [0.25, 0.3) is 0 Å². The van der Waals surface area contributed by atoms with Crippen LogP contribution in [0, 0.1) is 12.8 Å². The molecule has 0 saturated heterocycles. The standard InChI is InChI=1S/C22H30BrN7O3/c1-14-9-10-16(13-17(14)23)26-22(28-32)20-21(30-33-29-20)25-11-5-4-8-18(24)27-19(31)12-15-6-2-3-7-15/h9-10,13,15,32H,2-8,11-12H2,1H3,(H,25,30)(H,26,28)(H2,24,27,31). The molecule has 1 aromatic heterocycles. The van der Waals surface area contributed by atoms with Crippen molar-refractivity contribution >= 4 is 45.0 Å². The number of nitrogens with zero attached hydrogens (tertiary/aromatic N) is 4. The molecule has 0 unspecified atom stereocenters. The van der Waals surface area contributed by atoms with Crippen LogP contribution in [0.1, 0.15) is 62.6 Å². The number of nitrogens with one attached hydrogen (secondary N) is 2. The Morgan fingerprint density at radius 1 is 1.30 bits per heavy atom. The van der Waals surface area contributed by atoms with Crippen molar-refractivity contribution in [3.63, 3.8) is 0 Å². The van der Waals surface area contributed by atoms with E-state index in [1.165, 1.54) is 12.8 Å². The molecule has 3 rings (SSSR count). The minimum Gasteiger partial charge on any atom is -0.387 e. The molecule has 5 N–H and O–H groups in total. The first-order valence-electron chi connectivity index (χ1n) is 11.1. The summed E-state index contributed by atoms with van der Waals surface area (Å²) in [5, 5.41) is 20.4. The normalized spacial score (nSPS) is 15.1. The van der Waals surface area contributed by atoms with E-state index in [4.69, 9.17) is 10.4 Å². The first-order valence-corrected chi connectivity index (χ1v) is 11.9. The fraction of sp³-hybridized carbons (Fsp3) is 0.500. The second kappa shape index (κ2) is 12.4. The van der Waals surface area contributed by atoms with Crippen LogP contribution in [0.15, 0.2) is 37.3 Å². The van der Waals surface area contributed by atoms with E-state index in [0.717, 1.165) is 35.7 Å². The van der Waals surface area contributed by atoms with Crippen LogP contribution in [0.5, 0.6) is 0 Å². The predicted molar refractivity (Wildman–Crippen MR) is 130 cm³/mol. The highest BCUT2D eigenvalue weighted by molar-refractivity contribution is 9.10. The lowest BCUT2D eigenvalue weighted by Gasteiger charge is -2.07. The van der Waals surface area contributed by atoms with E-state index < -0.39 is 0 Å². The number of hydroxylamine groups is 1. The lowest BCUT2D eigenvalue weighted by atomic mass is 10.0. The van der Waals surface area contributed by atoms with Crippen molar-refractivity contribution < 1.29 is 14.6 Å². The topological polar surface area (TPSA) is 151 Å². The average molecular weight is 520 g/mol. The van der Waals surface area contributed by atoms with Gasteiger partial charge in [0.15, 0.2) is 11.5 Å². The van der Waals surface area contributed by atoms with Gasteiger partial charge in [-0.15, -0.1) is 0 Å². The van der Waals surface area contributed by atoms with Gasteiger partial charge in [-0.1, -0.05) is 34.8 Å². The highest BCUT2D eigenvalue weighted by atomic mass is 79.9. The molecule has 0 atom stereocenters. The van der Waals surface area contributed by atoms with Gasteiger partial charge in [0, 0.05) is 23.9 Å². The van der Waals surface area contributed by atoms with E-state index in [0.29, 0.717) is 42.6 Å². The van der Waals surface area contributed by atoms with Crippen LogP contribution in [0.25, 0.3) is 0 Å². The van der Waals surface area contributed by atoms with Crippen LogP contribution < -0.4 is 16.5 Å². The summed E-state index contributed by atoms with van der Waals surface area (Å²) in [6, 6.07) is 5.57. The van der Waals surface area contributed by atoms with Gasteiger partial charge in [-0.05, 0) is 66.5 Å². The molecule has 1 saturated carbocycles. The van der Waals surface area contributed by atoms with Crippen LogP contribution in [0.3, 0.4) is 0 Å². The van der Waals surface area contributed by atoms with Gasteiger partial charge in [-0.3, -0.25) is 15.5 Å². The van der Waals surface area contributed by atoms with E-state index >= 15 is 0 Å². The number of hydrogen-bond donors (Lipinski definition) is 4. The summed E-state index contributed by atoms with van der Waals surface area (Å²) in [5.41, 5.74) is 9.92. The number of aryl methyl sites for hydroxylation is 1. The number of hydrogen-bond acceptors (Lipinski definition) is 7. The number of anilines is 1. The highest BCUT2D eigenvalue weighted by Gasteiger charge is 2.18. The zero-order valence-corrected chi connectivity index (χ0v) is 20.3. The van der Waals surface area contributed by atoms with Crippen molar-refractivity contribution in [2.75, 3.05) is 11.9 Å². The summed E-state index contributed by atoms with van der Waals surface area (Å²) in [5.74, 6) is 1.20. The molecule has 33 heavy (non-hydrogen) atoms. The molecule has 0 radical (unpaired) electrons. The molecule has 1 fully saturated rings. The third kappa shape index (κ3) is 7.64. The van der Waals surface area contributed by atoms with E-state index in [-0.39, 0.29) is 17.4 Å². The summed E-state index contributed by atoms with van der Waals surface area (Å²) >= 11 is 3.47. The van der Waals surface area contributed by atoms with Gasteiger partial charge in [0.05, 0.1) is 5.69 Å². The lowest BCUT2D eigenvalue weighted by molar-refractivity contribution is -0.118. The molecule has 1 aliphatic carbocycles. The second-order valence-corrected chi connectivity index (χ2v) is 9.06. The molecule has 10 nitrogen and oxygen atoms in total. The number of carbonyl (C=O) groups excluding carboxylic acids is 1. The average Bonchev–Trinajstić information content (AvgIpc) is 3.46. The summed E-state index contributed by atoms with van der Waals surface area (Å²) in [4.78, 5) is 20.4. The van der Waals surface area contributed by atoms with Crippen LogP contribution in [-0.4, -0.2) is 39.6 Å². The largest absolute Gasteiger partial charge is 0.387 e. The lowest BCUT2D eigenvalue weighted by Crippen LogP contribution is -2.22. The number of amides is 1. The molecular formula is C22H30BrN7O3. The number of aromatic nitrogens is 2. The van der Waals surface area contributed by atoms with Crippen LogP contribution >= 0.6 is 15.9 Å². The molecule has 0 spiro atoms. The molecule has 1 aromatic carbocycles. The summed E-state index contributed by atoms with van der Waals surface area (Å²) in [6.07, 6.45) is 7.23. The number of amidine groups is 2. The van der Waals surface area contributed by atoms with E-state index in [1.54, 1.807) is 0 Å². The number of carbonyl (C=O) groups is 1. The van der Waals surface area contributed by atoms with E-state index in [1.807, 2.05) is 25.1 Å². The number of unbranched alkanes of at least 4 members (excludes halogenated alkanes) is 1. The Labute approximate surface area is 201 Å². The Morgan fingerprint density at radius 3 is 2.82 bits per heavy atom. The fourth-order valence-corrected chi connectivity index (χ4v) is 4.10. The third-order valence-corrected chi connectivity index (χ3v) is 6.43. The number of rotatable bonds is 10. The molecule has 1 amide bonds. The Morgan fingerprint density at radius 2 is 2.09 bits per heavy atom. The van der Waals surface area contributed by atoms with E-state index in [2.05, 4.69) is 47.0 Å². The van der Waals surface area contributed by atoms with Crippen molar-refractivity contribution in [3.05, 3.63) is 33.9 Å². The Kier molecular flexibility index (Phi) is 9.37. The zero-order chi connectivity index (χ0) is 23.6. The van der Waals surface area contributed by atoms with Crippen LogP contribution in [-0.2, 0) is 4.79 Å². The SMILES string of the molecule is Cc1ccc(N=C(NO)c2nonc2NCCCCC(N)=NC(=O)CC2CCCC2)cc1Br. The molecule has 1 aliphatic rings. The van der Waals surface area contributed by atoms with Gasteiger partial charge in [0.2, 0.25) is 11.7 Å². The molecule has 11 heteroatoms. The molecule has 2 aromatic rings. The number of halogens is 1. The summed E-state index contributed by atoms with van der Waals surface area (Å²) in [7, 11) is 0. The molecule has 1 heterocycles. The first-order chi connectivity index (χ1) is 16.0. The number of aliphatic imine (C=N–C) groups is 2. The van der Waals surface area contributed by atoms with Gasteiger partial charge in [-0.25, -0.2) is 14.6 Å². The van der Waals surface area contributed by atoms with Gasteiger partial charge < -0.3 is 11.1 Å². The molecule has 0 aliphatic heterocycles. The Bertz CT molecular complexity index is 1000. The molecule has 0 bridgehead atoms. The maximum absolute atomic E-state index is 12.0. The quantitative estimate of drug-likeness (QED) is 0.157. The Balaban J connectivity index is 1.47. The zero-order valence-electron chi connectivity index (χ0n) is 18.7. The summed E-state index contributed by atoms with van der Waals surface area (Å²) < 4.78 is 5.73. The monoisotopic (exact) mass is 519 g/mol. The predicted octanol–water partition coefficient (Wildman–Crippen LogP) is 4.24. The first kappa shape index (κ1) is 24.8. The van der Waals surface area contributed by atoms with Crippen LogP contribution in [0.4, 0.5) is 11.5 Å². The van der Waals surface area contributed by atoms with Crippen molar-refractivity contribution in [3.8, 4) is 0 Å². The van der Waals surface area contributed by atoms with Gasteiger partial charge in [-0.2, -0.15) is 0 Å². The maximum atomic E-state index is 12.0. The smallest absolute Gasteiger partial charge is 0.247 e. The number of nitrogens with two attached hydrogens (primary N) is 1. The Hall–Kier alpha value is -2.79. The van der Waals surface area contributed by atoms with Crippen LogP contribution in [0.2, 0.25) is 0 Å². The van der Waals surface area contributed by atoms with E-state index in [9.17, 15) is 10.0 Å². The van der Waals surface area contributed by atoms with Crippen molar-refractivity contribution in [1.82, 2.24) is 15.8 Å².